The van der Waals surface area contributed by atoms with Gasteiger partial charge in [-0.05, 0) is 37.1 Å². The Bertz CT molecular complexity index is 822. The van der Waals surface area contributed by atoms with Crippen molar-refractivity contribution in [2.24, 2.45) is 11.8 Å². The minimum Gasteiger partial charge on any atom is -0.342 e. The predicted molar refractivity (Wildman–Crippen MR) is 99.4 cm³/mol. The van der Waals surface area contributed by atoms with Crippen LogP contribution in [0.1, 0.15) is 26.2 Å². The molecule has 2 aliphatic rings. The van der Waals surface area contributed by atoms with Crippen molar-refractivity contribution in [1.82, 2.24) is 4.90 Å². The van der Waals surface area contributed by atoms with Crippen molar-refractivity contribution in [3.63, 3.8) is 0 Å². The number of nitrogens with zero attached hydrogens (tertiary/aromatic N) is 2. The Morgan fingerprint density at radius 3 is 2.64 bits per heavy atom. The topological polar surface area (TPSA) is 40.6 Å². The zero-order valence-corrected chi connectivity index (χ0v) is 14.8. The van der Waals surface area contributed by atoms with Gasteiger partial charge in [0.25, 0.3) is 0 Å². The van der Waals surface area contributed by atoms with Crippen LogP contribution in [-0.2, 0) is 9.59 Å². The summed E-state index contributed by atoms with van der Waals surface area (Å²) in [7, 11) is 1.89. The molecule has 2 atom stereocenters. The summed E-state index contributed by atoms with van der Waals surface area (Å²) in [6.45, 7) is 2.60. The van der Waals surface area contributed by atoms with Crippen molar-refractivity contribution in [2.45, 2.75) is 32.2 Å². The maximum atomic E-state index is 12.9. The standard InChI is InChI=1S/C21H24N2O2/c1-14(15-10-11-15)22(2)21(25)17-12-20(24)23(13-17)19-9-5-7-16-6-3-4-8-18(16)19/h3-9,14-15,17H,10-13H2,1-2H3. The predicted octanol–water partition coefficient (Wildman–Crippen LogP) is 3.45. The lowest BCUT2D eigenvalue weighted by Crippen LogP contribution is -2.41. The number of anilines is 1. The highest BCUT2D eigenvalue weighted by Gasteiger charge is 2.40. The Hall–Kier alpha value is -2.36. The highest BCUT2D eigenvalue weighted by molar-refractivity contribution is 6.06. The van der Waals surface area contributed by atoms with Crippen LogP contribution in [0.5, 0.6) is 0 Å². The van der Waals surface area contributed by atoms with Crippen LogP contribution in [0.25, 0.3) is 10.8 Å². The third-order valence-electron chi connectivity index (χ3n) is 5.79. The van der Waals surface area contributed by atoms with E-state index in [1.165, 1.54) is 12.8 Å². The van der Waals surface area contributed by atoms with E-state index >= 15 is 0 Å². The zero-order valence-electron chi connectivity index (χ0n) is 14.8. The van der Waals surface area contributed by atoms with Crippen LogP contribution in [0, 0.1) is 11.8 Å². The molecular weight excluding hydrogens is 312 g/mol. The van der Waals surface area contributed by atoms with Crippen molar-refractivity contribution in [3.05, 3.63) is 42.5 Å². The molecule has 1 heterocycles. The summed E-state index contributed by atoms with van der Waals surface area (Å²) in [6.07, 6.45) is 2.73. The van der Waals surface area contributed by atoms with Crippen molar-refractivity contribution >= 4 is 28.3 Å². The molecule has 0 N–H and O–H groups in total. The van der Waals surface area contributed by atoms with E-state index < -0.39 is 0 Å². The fraction of sp³-hybridized carbons (Fsp3) is 0.429. The summed E-state index contributed by atoms with van der Waals surface area (Å²) >= 11 is 0. The molecule has 1 aliphatic heterocycles. The molecule has 0 spiro atoms. The largest absolute Gasteiger partial charge is 0.342 e. The summed E-state index contributed by atoms with van der Waals surface area (Å²) in [5.41, 5.74) is 0.913. The number of hydrogen-bond acceptors (Lipinski definition) is 2. The zero-order chi connectivity index (χ0) is 17.6. The quantitative estimate of drug-likeness (QED) is 0.858. The van der Waals surface area contributed by atoms with E-state index in [1.807, 2.05) is 54.4 Å². The van der Waals surface area contributed by atoms with Gasteiger partial charge in [0.05, 0.1) is 11.6 Å². The number of carbonyl (C=O) groups is 2. The van der Waals surface area contributed by atoms with Gasteiger partial charge in [-0.25, -0.2) is 0 Å². The number of amides is 2. The molecule has 4 heteroatoms. The summed E-state index contributed by atoms with van der Waals surface area (Å²) in [5, 5.41) is 2.17. The average Bonchev–Trinajstić information content (AvgIpc) is 3.41. The summed E-state index contributed by atoms with van der Waals surface area (Å²) < 4.78 is 0. The van der Waals surface area contributed by atoms with Gasteiger partial charge < -0.3 is 9.80 Å². The lowest BCUT2D eigenvalue weighted by atomic mass is 10.1. The van der Waals surface area contributed by atoms with Crippen LogP contribution in [0.15, 0.2) is 42.5 Å². The second-order valence-electron chi connectivity index (χ2n) is 7.43. The van der Waals surface area contributed by atoms with Gasteiger partial charge in [-0.15, -0.1) is 0 Å². The molecule has 2 aromatic rings. The molecule has 0 aromatic heterocycles. The van der Waals surface area contributed by atoms with Gasteiger partial charge in [0.15, 0.2) is 0 Å². The van der Waals surface area contributed by atoms with Crippen LogP contribution < -0.4 is 4.90 Å². The highest BCUT2D eigenvalue weighted by atomic mass is 16.2. The van der Waals surface area contributed by atoms with Crippen LogP contribution in [0.2, 0.25) is 0 Å². The fourth-order valence-electron chi connectivity index (χ4n) is 3.93. The lowest BCUT2D eigenvalue weighted by molar-refractivity contribution is -0.136. The fourth-order valence-corrected chi connectivity index (χ4v) is 3.93. The van der Waals surface area contributed by atoms with Crippen molar-refractivity contribution in [2.75, 3.05) is 18.5 Å². The maximum Gasteiger partial charge on any atom is 0.228 e. The summed E-state index contributed by atoms with van der Waals surface area (Å²) in [5.74, 6) is 0.551. The van der Waals surface area contributed by atoms with Gasteiger partial charge in [0, 0.05) is 31.4 Å². The molecular formula is C21H24N2O2. The molecule has 4 nitrogen and oxygen atoms in total. The molecule has 25 heavy (non-hydrogen) atoms. The van der Waals surface area contributed by atoms with E-state index in [9.17, 15) is 9.59 Å². The van der Waals surface area contributed by atoms with Crippen molar-refractivity contribution in [1.29, 1.82) is 0 Å². The highest BCUT2D eigenvalue weighted by Crippen LogP contribution is 2.36. The first kappa shape index (κ1) is 16.1. The molecule has 130 valence electrons. The van der Waals surface area contributed by atoms with Crippen LogP contribution in [0.3, 0.4) is 0 Å². The molecule has 0 radical (unpaired) electrons. The normalized spacial score (nSPS) is 21.6. The minimum atomic E-state index is -0.238. The van der Waals surface area contributed by atoms with Crippen LogP contribution in [0.4, 0.5) is 5.69 Å². The Labute approximate surface area is 148 Å². The molecule has 1 saturated carbocycles. The van der Waals surface area contributed by atoms with Gasteiger partial charge >= 0.3 is 0 Å². The van der Waals surface area contributed by atoms with Crippen LogP contribution in [-0.4, -0.2) is 36.3 Å². The Morgan fingerprint density at radius 1 is 1.16 bits per heavy atom. The molecule has 4 rings (SSSR count). The first-order valence-corrected chi connectivity index (χ1v) is 9.11. The lowest BCUT2D eigenvalue weighted by Gasteiger charge is -2.27. The van der Waals surface area contributed by atoms with Crippen LogP contribution >= 0.6 is 0 Å². The van der Waals surface area contributed by atoms with E-state index in [4.69, 9.17) is 0 Å². The SMILES string of the molecule is CC(C1CC1)N(C)C(=O)C1CC(=O)N(c2cccc3ccccc23)C1. The molecule has 2 amide bonds. The molecule has 2 aromatic carbocycles. The minimum absolute atomic E-state index is 0.0437. The van der Waals surface area contributed by atoms with E-state index in [0.29, 0.717) is 18.9 Å². The second-order valence-corrected chi connectivity index (χ2v) is 7.43. The van der Waals surface area contributed by atoms with Gasteiger partial charge in [0.2, 0.25) is 11.8 Å². The van der Waals surface area contributed by atoms with E-state index in [-0.39, 0.29) is 23.8 Å². The molecule has 1 saturated heterocycles. The molecule has 1 aliphatic carbocycles. The summed E-state index contributed by atoms with van der Waals surface area (Å²) in [4.78, 5) is 29.1. The maximum absolute atomic E-state index is 12.9. The molecule has 0 bridgehead atoms. The van der Waals surface area contributed by atoms with Gasteiger partial charge in [0.1, 0.15) is 0 Å². The monoisotopic (exact) mass is 336 g/mol. The van der Waals surface area contributed by atoms with Crippen molar-refractivity contribution in [3.8, 4) is 0 Å². The number of rotatable bonds is 4. The molecule has 2 fully saturated rings. The number of benzene rings is 2. The van der Waals surface area contributed by atoms with E-state index in [0.717, 1.165) is 16.5 Å². The van der Waals surface area contributed by atoms with Gasteiger partial charge in [-0.2, -0.15) is 0 Å². The average molecular weight is 336 g/mol. The van der Waals surface area contributed by atoms with Crippen molar-refractivity contribution < 1.29 is 9.59 Å². The smallest absolute Gasteiger partial charge is 0.228 e. The number of carbonyl (C=O) groups excluding carboxylic acids is 2. The van der Waals surface area contributed by atoms with E-state index in [2.05, 4.69) is 6.92 Å². The van der Waals surface area contributed by atoms with Gasteiger partial charge in [-0.3, -0.25) is 9.59 Å². The van der Waals surface area contributed by atoms with E-state index in [1.54, 1.807) is 4.90 Å². The molecule has 2 unspecified atom stereocenters. The Balaban J connectivity index is 1.56. The first-order valence-electron chi connectivity index (χ1n) is 9.11. The summed E-state index contributed by atoms with van der Waals surface area (Å²) in [6, 6.07) is 14.3. The third kappa shape index (κ3) is 2.90. The van der Waals surface area contributed by atoms with Gasteiger partial charge in [-0.1, -0.05) is 36.4 Å². The Morgan fingerprint density at radius 2 is 1.88 bits per heavy atom. The third-order valence-corrected chi connectivity index (χ3v) is 5.79. The number of fused-ring (bicyclic) bond motifs is 1. The second kappa shape index (κ2) is 6.17. The number of hydrogen-bond donors (Lipinski definition) is 0. The first-order chi connectivity index (χ1) is 12.1. The Kier molecular flexibility index (Phi) is 3.98.